The summed E-state index contributed by atoms with van der Waals surface area (Å²) in [6, 6.07) is 9.63. The predicted octanol–water partition coefficient (Wildman–Crippen LogP) is 6.24. The number of para-hydroxylation sites is 1. The Bertz CT molecular complexity index is 1010. The van der Waals surface area contributed by atoms with Crippen molar-refractivity contribution >= 4 is 27.5 Å². The van der Waals surface area contributed by atoms with Gasteiger partial charge in [0.2, 0.25) is 0 Å². The monoisotopic (exact) mass is 395 g/mol. The lowest BCUT2D eigenvalue weighted by atomic mass is 9.91. The van der Waals surface area contributed by atoms with Gasteiger partial charge >= 0.3 is 5.97 Å². The highest BCUT2D eigenvalue weighted by Crippen LogP contribution is 2.46. The van der Waals surface area contributed by atoms with E-state index in [0.717, 1.165) is 46.5 Å². The van der Waals surface area contributed by atoms with Gasteiger partial charge in [-0.3, -0.25) is 9.78 Å². The summed E-state index contributed by atoms with van der Waals surface area (Å²) in [5.74, 6) is -0.0123. The first-order valence-corrected chi connectivity index (χ1v) is 10.8. The van der Waals surface area contributed by atoms with Gasteiger partial charge in [-0.1, -0.05) is 31.5 Å². The summed E-state index contributed by atoms with van der Waals surface area (Å²) in [4.78, 5) is 18.4. The van der Waals surface area contributed by atoms with Crippen molar-refractivity contribution in [3.05, 3.63) is 52.0 Å². The number of hydrogen-bond acceptors (Lipinski definition) is 4. The van der Waals surface area contributed by atoms with Crippen LogP contribution in [0.2, 0.25) is 0 Å². The minimum atomic E-state index is -0.815. The Hall–Kier alpha value is -2.40. The standard InChI is InChI=1S/C23H25NO3S/c1-3-9-17(23(25)26)19-14(2)24-20-16-12-7-8-13-18(16)28-22(20)21(19)27-15-10-5-4-6-11-15/h4-6,10-11,17H,3,7-9,12-13H2,1-2H3,(H,25,26). The number of pyridine rings is 1. The van der Waals surface area contributed by atoms with E-state index in [-0.39, 0.29) is 0 Å². The molecule has 0 amide bonds. The number of thiophene rings is 1. The number of nitrogens with zero attached hydrogens (tertiary/aromatic N) is 1. The molecule has 0 spiro atoms. The Morgan fingerprint density at radius 1 is 1.25 bits per heavy atom. The molecule has 1 N–H and O–H groups in total. The first kappa shape index (κ1) is 18.9. The molecular formula is C23H25NO3S. The van der Waals surface area contributed by atoms with Gasteiger partial charge in [-0.2, -0.15) is 0 Å². The lowest BCUT2D eigenvalue weighted by Gasteiger charge is -2.20. The smallest absolute Gasteiger partial charge is 0.311 e. The van der Waals surface area contributed by atoms with Crippen LogP contribution >= 0.6 is 11.3 Å². The minimum absolute atomic E-state index is 0.569. The van der Waals surface area contributed by atoms with Crippen molar-refractivity contribution in [3.8, 4) is 11.5 Å². The maximum atomic E-state index is 12.1. The second kappa shape index (κ2) is 7.92. The zero-order valence-corrected chi connectivity index (χ0v) is 17.1. The molecule has 0 saturated carbocycles. The number of fused-ring (bicyclic) bond motifs is 3. The van der Waals surface area contributed by atoms with Crippen molar-refractivity contribution < 1.29 is 14.6 Å². The van der Waals surface area contributed by atoms with Crippen LogP contribution in [-0.2, 0) is 17.6 Å². The number of rotatable bonds is 6. The lowest BCUT2D eigenvalue weighted by molar-refractivity contribution is -0.139. The van der Waals surface area contributed by atoms with Crippen LogP contribution in [0, 0.1) is 6.92 Å². The molecule has 146 valence electrons. The van der Waals surface area contributed by atoms with Gasteiger partial charge in [-0.25, -0.2) is 0 Å². The average Bonchev–Trinajstić information content (AvgIpc) is 3.06. The van der Waals surface area contributed by atoms with Crippen LogP contribution in [0.1, 0.15) is 60.2 Å². The molecule has 0 radical (unpaired) electrons. The van der Waals surface area contributed by atoms with Crippen LogP contribution in [0.4, 0.5) is 0 Å². The molecule has 1 atom stereocenters. The van der Waals surface area contributed by atoms with Gasteiger partial charge < -0.3 is 9.84 Å². The molecule has 1 unspecified atom stereocenters. The van der Waals surface area contributed by atoms with Crippen molar-refractivity contribution in [2.24, 2.45) is 0 Å². The lowest BCUT2D eigenvalue weighted by Crippen LogP contribution is -2.15. The second-order valence-corrected chi connectivity index (χ2v) is 8.53. The van der Waals surface area contributed by atoms with Crippen molar-refractivity contribution in [3.63, 3.8) is 0 Å². The molecule has 5 heteroatoms. The molecule has 0 saturated heterocycles. The number of benzene rings is 1. The summed E-state index contributed by atoms with van der Waals surface area (Å²) in [5.41, 5.74) is 3.84. The summed E-state index contributed by atoms with van der Waals surface area (Å²) in [7, 11) is 0. The van der Waals surface area contributed by atoms with Gasteiger partial charge in [0.1, 0.15) is 5.75 Å². The van der Waals surface area contributed by atoms with E-state index in [9.17, 15) is 9.90 Å². The van der Waals surface area contributed by atoms with Gasteiger partial charge in [0, 0.05) is 16.1 Å². The predicted molar refractivity (Wildman–Crippen MR) is 113 cm³/mol. The molecule has 4 nitrogen and oxygen atoms in total. The van der Waals surface area contributed by atoms with Crippen LogP contribution < -0.4 is 4.74 Å². The summed E-state index contributed by atoms with van der Waals surface area (Å²) < 4.78 is 7.36. The number of carboxylic acids is 1. The zero-order valence-electron chi connectivity index (χ0n) is 16.3. The third kappa shape index (κ3) is 3.39. The number of aromatic nitrogens is 1. The van der Waals surface area contributed by atoms with E-state index in [0.29, 0.717) is 12.2 Å². The highest BCUT2D eigenvalue weighted by Gasteiger charge is 2.30. The van der Waals surface area contributed by atoms with Crippen molar-refractivity contribution in [2.45, 2.75) is 58.3 Å². The van der Waals surface area contributed by atoms with Crippen LogP contribution in [0.5, 0.6) is 11.5 Å². The number of hydrogen-bond donors (Lipinski definition) is 1. The minimum Gasteiger partial charge on any atom is -0.481 e. The number of aryl methyl sites for hydroxylation is 3. The molecular weight excluding hydrogens is 370 g/mol. The quantitative estimate of drug-likeness (QED) is 0.536. The van der Waals surface area contributed by atoms with E-state index in [1.165, 1.54) is 23.3 Å². The van der Waals surface area contributed by atoms with Gasteiger partial charge in [0.25, 0.3) is 0 Å². The highest BCUT2D eigenvalue weighted by molar-refractivity contribution is 7.19. The molecule has 1 aliphatic carbocycles. The molecule has 2 aromatic heterocycles. The topological polar surface area (TPSA) is 59.4 Å². The Labute approximate surface area is 169 Å². The fourth-order valence-electron chi connectivity index (χ4n) is 4.13. The summed E-state index contributed by atoms with van der Waals surface area (Å²) in [6.45, 7) is 3.93. The third-order valence-corrected chi connectivity index (χ3v) is 6.73. The molecule has 4 rings (SSSR count). The molecule has 28 heavy (non-hydrogen) atoms. The first-order valence-electron chi connectivity index (χ1n) is 10.0. The molecule has 2 heterocycles. The van der Waals surface area contributed by atoms with Crippen molar-refractivity contribution in [1.29, 1.82) is 0 Å². The van der Waals surface area contributed by atoms with E-state index in [2.05, 4.69) is 0 Å². The number of carbonyl (C=O) groups is 1. The van der Waals surface area contributed by atoms with Crippen LogP contribution in [0.25, 0.3) is 10.2 Å². The molecule has 0 aliphatic heterocycles. The van der Waals surface area contributed by atoms with Gasteiger partial charge in [0.05, 0.1) is 16.1 Å². The molecule has 0 fully saturated rings. The number of ether oxygens (including phenoxy) is 1. The fourth-order valence-corrected chi connectivity index (χ4v) is 5.46. The van der Waals surface area contributed by atoms with Crippen molar-refractivity contribution in [1.82, 2.24) is 4.98 Å². The van der Waals surface area contributed by atoms with Gasteiger partial charge in [-0.15, -0.1) is 11.3 Å². The number of aliphatic carboxylic acids is 1. The summed E-state index contributed by atoms with van der Waals surface area (Å²) in [6.07, 6.45) is 5.87. The maximum absolute atomic E-state index is 12.1. The first-order chi connectivity index (χ1) is 13.6. The Kier molecular flexibility index (Phi) is 5.36. The third-order valence-electron chi connectivity index (χ3n) is 5.45. The molecule has 1 aromatic carbocycles. The fraction of sp³-hybridized carbons (Fsp3) is 0.391. The average molecular weight is 396 g/mol. The van der Waals surface area contributed by atoms with Crippen LogP contribution in [0.15, 0.2) is 30.3 Å². The van der Waals surface area contributed by atoms with Crippen molar-refractivity contribution in [2.75, 3.05) is 0 Å². The van der Waals surface area contributed by atoms with E-state index >= 15 is 0 Å². The Balaban J connectivity index is 1.97. The van der Waals surface area contributed by atoms with Crippen LogP contribution in [0.3, 0.4) is 0 Å². The van der Waals surface area contributed by atoms with E-state index in [1.54, 1.807) is 11.3 Å². The summed E-state index contributed by atoms with van der Waals surface area (Å²) in [5, 5.41) is 9.93. The Morgan fingerprint density at radius 2 is 2.00 bits per heavy atom. The largest absolute Gasteiger partial charge is 0.481 e. The normalized spacial score (nSPS) is 14.6. The van der Waals surface area contributed by atoms with E-state index in [1.807, 2.05) is 44.2 Å². The highest BCUT2D eigenvalue weighted by atomic mass is 32.1. The van der Waals surface area contributed by atoms with Gasteiger partial charge in [0.15, 0.2) is 5.75 Å². The Morgan fingerprint density at radius 3 is 2.71 bits per heavy atom. The van der Waals surface area contributed by atoms with E-state index in [4.69, 9.17) is 9.72 Å². The molecule has 0 bridgehead atoms. The van der Waals surface area contributed by atoms with Gasteiger partial charge in [-0.05, 0) is 56.7 Å². The SMILES string of the molecule is CCCC(C(=O)O)c1c(C)nc2c3c(sc2c1Oc1ccccc1)CCCC3. The van der Waals surface area contributed by atoms with Crippen LogP contribution in [-0.4, -0.2) is 16.1 Å². The number of carboxylic acid groups (broad SMARTS) is 1. The summed E-state index contributed by atoms with van der Waals surface area (Å²) >= 11 is 1.74. The molecule has 3 aromatic rings. The second-order valence-electron chi connectivity index (χ2n) is 7.42. The van der Waals surface area contributed by atoms with E-state index < -0.39 is 11.9 Å². The zero-order chi connectivity index (χ0) is 19.7. The maximum Gasteiger partial charge on any atom is 0.311 e. The molecule has 1 aliphatic rings.